The number of phenolic OH excluding ortho intramolecular Hbond substituents is 1. The molecule has 8 fully saturated rings. The van der Waals surface area contributed by atoms with Gasteiger partial charge in [-0.25, -0.2) is 0 Å². The fourth-order valence-electron chi connectivity index (χ4n) is 10.9. The Morgan fingerprint density at radius 2 is 1.03 bits per heavy atom. The summed E-state index contributed by atoms with van der Waals surface area (Å²) in [5.74, 6) is 6.47. The van der Waals surface area contributed by atoms with E-state index in [9.17, 15) is 5.11 Å². The summed E-state index contributed by atoms with van der Waals surface area (Å²) in [5, 5.41) is 11.1. The van der Waals surface area contributed by atoms with E-state index in [-0.39, 0.29) is 0 Å². The highest BCUT2D eigenvalue weighted by Crippen LogP contribution is 2.66. The standard InChI is InChI=1S/C28H38O/c1-16-3-24(27-10-18-4-19(11-27)6-20(5-18)12-27)25(17(2)26(16)29)28-13-21-7-22(14-28)9-23(8-21)15-28/h3,18-23,29H,4-15H2,1-2H3. The Kier molecular flexibility index (Phi) is 3.43. The molecule has 0 aliphatic heterocycles. The average Bonchev–Trinajstić information content (AvgIpc) is 2.63. The van der Waals surface area contributed by atoms with E-state index in [2.05, 4.69) is 19.9 Å². The van der Waals surface area contributed by atoms with Gasteiger partial charge in [0.2, 0.25) is 0 Å². The lowest BCUT2D eigenvalue weighted by atomic mass is 9.43. The molecule has 1 heteroatoms. The Labute approximate surface area is 176 Å². The van der Waals surface area contributed by atoms with Crippen molar-refractivity contribution in [1.82, 2.24) is 0 Å². The Balaban J connectivity index is 1.43. The molecule has 0 heterocycles. The third-order valence-corrected chi connectivity index (χ3v) is 10.9. The predicted octanol–water partition coefficient (Wildman–Crippen LogP) is 6.94. The zero-order chi connectivity index (χ0) is 19.5. The number of aryl methyl sites for hydroxylation is 1. The van der Waals surface area contributed by atoms with Crippen molar-refractivity contribution >= 4 is 0 Å². The lowest BCUT2D eigenvalue weighted by molar-refractivity contribution is -0.0178. The number of hydrogen-bond donors (Lipinski definition) is 1. The first-order chi connectivity index (χ1) is 13.9. The van der Waals surface area contributed by atoms with Crippen molar-refractivity contribution in [2.45, 2.75) is 102 Å². The molecule has 0 radical (unpaired) electrons. The van der Waals surface area contributed by atoms with Gasteiger partial charge in [0.25, 0.3) is 0 Å². The second-order valence-corrected chi connectivity index (χ2v) is 13.0. The van der Waals surface area contributed by atoms with Crippen LogP contribution in [0.1, 0.15) is 99.3 Å². The molecule has 1 N–H and O–H groups in total. The molecular formula is C28H38O. The molecule has 1 nitrogen and oxygen atoms in total. The summed E-state index contributed by atoms with van der Waals surface area (Å²) < 4.78 is 0. The monoisotopic (exact) mass is 390 g/mol. The maximum atomic E-state index is 11.1. The second kappa shape index (κ2) is 5.63. The summed E-state index contributed by atoms with van der Waals surface area (Å²) in [7, 11) is 0. The SMILES string of the molecule is Cc1cc(C23CC4CC(CC(C4)C2)C3)c(C23CC4CC(CC(C4)C2)C3)c(C)c1O. The molecule has 1 aromatic carbocycles. The third kappa shape index (κ3) is 2.34. The molecule has 0 saturated heterocycles. The highest BCUT2D eigenvalue weighted by Gasteiger charge is 2.57. The largest absolute Gasteiger partial charge is 0.507 e. The Morgan fingerprint density at radius 1 is 0.655 bits per heavy atom. The van der Waals surface area contributed by atoms with Crippen LogP contribution in [0.2, 0.25) is 0 Å². The quantitative estimate of drug-likeness (QED) is 0.579. The summed E-state index contributed by atoms with van der Waals surface area (Å²) >= 11 is 0. The molecule has 8 aliphatic rings. The topological polar surface area (TPSA) is 20.2 Å². The minimum absolute atomic E-state index is 0.392. The summed E-state index contributed by atoms with van der Waals surface area (Å²) in [5.41, 5.74) is 6.67. The summed E-state index contributed by atoms with van der Waals surface area (Å²) in [6.07, 6.45) is 17.7. The fourth-order valence-corrected chi connectivity index (χ4v) is 10.9. The Bertz CT molecular complexity index is 806. The van der Waals surface area contributed by atoms with E-state index < -0.39 is 0 Å². The maximum Gasteiger partial charge on any atom is 0.121 e. The molecule has 8 bridgehead atoms. The van der Waals surface area contributed by atoms with Crippen molar-refractivity contribution in [2.24, 2.45) is 35.5 Å². The van der Waals surface area contributed by atoms with Crippen molar-refractivity contribution < 1.29 is 5.11 Å². The molecule has 8 saturated carbocycles. The average molecular weight is 391 g/mol. The van der Waals surface area contributed by atoms with Crippen LogP contribution in [0.4, 0.5) is 0 Å². The molecule has 29 heavy (non-hydrogen) atoms. The highest BCUT2D eigenvalue weighted by molar-refractivity contribution is 5.56. The van der Waals surface area contributed by atoms with Crippen LogP contribution in [0, 0.1) is 49.4 Å². The molecule has 0 unspecified atom stereocenters. The van der Waals surface area contributed by atoms with Gasteiger partial charge in [-0.2, -0.15) is 0 Å². The van der Waals surface area contributed by atoms with Gasteiger partial charge in [-0.15, -0.1) is 0 Å². The van der Waals surface area contributed by atoms with Gasteiger partial charge in [-0.1, -0.05) is 6.07 Å². The first kappa shape index (κ1) is 17.7. The Morgan fingerprint density at radius 3 is 1.45 bits per heavy atom. The van der Waals surface area contributed by atoms with Crippen molar-refractivity contribution in [3.63, 3.8) is 0 Å². The van der Waals surface area contributed by atoms with E-state index in [4.69, 9.17) is 0 Å². The zero-order valence-electron chi connectivity index (χ0n) is 18.5. The van der Waals surface area contributed by atoms with E-state index in [0.29, 0.717) is 16.6 Å². The molecule has 0 spiro atoms. The van der Waals surface area contributed by atoms with Gasteiger partial charge in [-0.3, -0.25) is 0 Å². The van der Waals surface area contributed by atoms with Crippen molar-refractivity contribution in [3.8, 4) is 5.75 Å². The smallest absolute Gasteiger partial charge is 0.121 e. The van der Waals surface area contributed by atoms with E-state index in [0.717, 1.165) is 41.1 Å². The van der Waals surface area contributed by atoms with E-state index in [1.165, 1.54) is 82.6 Å². The second-order valence-electron chi connectivity index (χ2n) is 13.0. The predicted molar refractivity (Wildman–Crippen MR) is 117 cm³/mol. The third-order valence-electron chi connectivity index (χ3n) is 10.9. The van der Waals surface area contributed by atoms with Crippen LogP contribution in [0.3, 0.4) is 0 Å². The molecule has 1 aromatic rings. The number of phenols is 1. The highest BCUT2D eigenvalue weighted by atomic mass is 16.3. The van der Waals surface area contributed by atoms with Crippen LogP contribution in [-0.4, -0.2) is 5.11 Å². The lowest BCUT2D eigenvalue weighted by Gasteiger charge is -2.61. The maximum absolute atomic E-state index is 11.1. The fraction of sp³-hybridized carbons (Fsp3) is 0.786. The minimum Gasteiger partial charge on any atom is -0.507 e. The van der Waals surface area contributed by atoms with Crippen LogP contribution >= 0.6 is 0 Å². The van der Waals surface area contributed by atoms with Crippen LogP contribution in [0.5, 0.6) is 5.75 Å². The first-order valence-electron chi connectivity index (χ1n) is 12.8. The van der Waals surface area contributed by atoms with Crippen molar-refractivity contribution in [1.29, 1.82) is 0 Å². The molecular weight excluding hydrogens is 352 g/mol. The number of rotatable bonds is 2. The van der Waals surface area contributed by atoms with Crippen molar-refractivity contribution in [2.75, 3.05) is 0 Å². The normalized spacial score (nSPS) is 49.2. The lowest BCUT2D eigenvalue weighted by Crippen LogP contribution is -2.52. The molecule has 156 valence electrons. The molecule has 9 rings (SSSR count). The number of benzene rings is 1. The van der Waals surface area contributed by atoms with Crippen LogP contribution < -0.4 is 0 Å². The molecule has 0 atom stereocenters. The van der Waals surface area contributed by atoms with Gasteiger partial charge in [-0.05, 0) is 159 Å². The van der Waals surface area contributed by atoms with Gasteiger partial charge in [0.1, 0.15) is 5.75 Å². The summed E-state index contributed by atoms with van der Waals surface area (Å²) in [6, 6.07) is 2.50. The van der Waals surface area contributed by atoms with E-state index in [1.54, 1.807) is 11.1 Å². The zero-order valence-corrected chi connectivity index (χ0v) is 18.5. The number of hydrogen-bond acceptors (Lipinski definition) is 1. The van der Waals surface area contributed by atoms with Crippen molar-refractivity contribution in [3.05, 3.63) is 28.3 Å². The van der Waals surface area contributed by atoms with Gasteiger partial charge in [0.05, 0.1) is 0 Å². The minimum atomic E-state index is 0.392. The Hall–Kier alpha value is -0.980. The van der Waals surface area contributed by atoms with Gasteiger partial charge in [0.15, 0.2) is 0 Å². The molecule has 0 aromatic heterocycles. The molecule has 8 aliphatic carbocycles. The summed E-state index contributed by atoms with van der Waals surface area (Å²) in [6.45, 7) is 4.44. The first-order valence-corrected chi connectivity index (χ1v) is 12.8. The van der Waals surface area contributed by atoms with E-state index in [1.807, 2.05) is 0 Å². The van der Waals surface area contributed by atoms with Crippen LogP contribution in [0.15, 0.2) is 6.07 Å². The summed E-state index contributed by atoms with van der Waals surface area (Å²) in [4.78, 5) is 0. The van der Waals surface area contributed by atoms with Gasteiger partial charge < -0.3 is 5.11 Å². The van der Waals surface area contributed by atoms with Crippen LogP contribution in [0.25, 0.3) is 0 Å². The van der Waals surface area contributed by atoms with Gasteiger partial charge >= 0.3 is 0 Å². The van der Waals surface area contributed by atoms with E-state index >= 15 is 0 Å². The molecule has 0 amide bonds. The van der Waals surface area contributed by atoms with Gasteiger partial charge in [0, 0.05) is 0 Å². The number of aromatic hydroxyl groups is 1. The van der Waals surface area contributed by atoms with Crippen LogP contribution in [-0.2, 0) is 10.8 Å².